The van der Waals surface area contributed by atoms with Crippen LogP contribution in [0.2, 0.25) is 0 Å². The van der Waals surface area contributed by atoms with Crippen LogP contribution < -0.4 is 15.5 Å². The molecule has 0 radical (unpaired) electrons. The van der Waals surface area contributed by atoms with E-state index in [2.05, 4.69) is 41.4 Å². The lowest BCUT2D eigenvalue weighted by Gasteiger charge is -2.30. The van der Waals surface area contributed by atoms with Crippen molar-refractivity contribution in [1.29, 1.82) is 0 Å². The van der Waals surface area contributed by atoms with E-state index in [4.69, 9.17) is 4.74 Å². The summed E-state index contributed by atoms with van der Waals surface area (Å²) < 4.78 is 5.63. The van der Waals surface area contributed by atoms with E-state index in [1.807, 2.05) is 11.0 Å². The quantitative estimate of drug-likeness (QED) is 0.758. The number of nitrogens with zero attached hydrogens (tertiary/aromatic N) is 3. The SMILES string of the molecule is CC(C)C1COC(C=O)N1c1ccnc(N[C@@H](C)C2CCNCC2)n1. The average Bonchev–Trinajstić information content (AvgIpc) is 3.07. The summed E-state index contributed by atoms with van der Waals surface area (Å²) in [5, 5.41) is 6.84. The first kappa shape index (κ1) is 18.1. The van der Waals surface area contributed by atoms with Gasteiger partial charge in [0.2, 0.25) is 5.95 Å². The molecule has 25 heavy (non-hydrogen) atoms. The summed E-state index contributed by atoms with van der Waals surface area (Å²) in [4.78, 5) is 22.4. The van der Waals surface area contributed by atoms with Gasteiger partial charge in [-0.15, -0.1) is 0 Å². The molecule has 3 heterocycles. The second kappa shape index (κ2) is 8.10. The van der Waals surface area contributed by atoms with Crippen molar-refractivity contribution in [3.63, 3.8) is 0 Å². The molecular formula is C18H29N5O2. The van der Waals surface area contributed by atoms with Crippen molar-refractivity contribution in [2.24, 2.45) is 11.8 Å². The van der Waals surface area contributed by atoms with Crippen LogP contribution in [0.1, 0.15) is 33.6 Å². The number of hydrogen-bond acceptors (Lipinski definition) is 7. The molecular weight excluding hydrogens is 318 g/mol. The molecule has 2 aliphatic rings. The van der Waals surface area contributed by atoms with E-state index in [9.17, 15) is 4.79 Å². The molecule has 7 heteroatoms. The lowest BCUT2D eigenvalue weighted by atomic mass is 9.91. The second-order valence-corrected chi connectivity index (χ2v) is 7.34. The maximum absolute atomic E-state index is 11.4. The lowest BCUT2D eigenvalue weighted by Crippen LogP contribution is -2.41. The van der Waals surface area contributed by atoms with Gasteiger partial charge in [0, 0.05) is 12.2 Å². The number of anilines is 2. The van der Waals surface area contributed by atoms with Crippen molar-refractivity contribution in [3.8, 4) is 0 Å². The normalized spacial score (nSPS) is 26.0. The zero-order valence-electron chi connectivity index (χ0n) is 15.3. The molecule has 0 bridgehead atoms. The molecule has 1 aromatic rings. The third-order valence-corrected chi connectivity index (χ3v) is 5.31. The van der Waals surface area contributed by atoms with Crippen LogP contribution in [0.15, 0.2) is 12.3 Å². The fourth-order valence-electron chi connectivity index (χ4n) is 3.69. The molecule has 0 spiro atoms. The Labute approximate surface area is 149 Å². The highest BCUT2D eigenvalue weighted by atomic mass is 16.5. The van der Waals surface area contributed by atoms with Crippen LogP contribution >= 0.6 is 0 Å². The number of aldehydes is 1. The number of hydrogen-bond donors (Lipinski definition) is 2. The molecule has 1 aromatic heterocycles. The minimum atomic E-state index is -0.572. The number of carbonyl (C=O) groups excluding carboxylic acids is 1. The van der Waals surface area contributed by atoms with E-state index in [1.165, 1.54) is 0 Å². The third-order valence-electron chi connectivity index (χ3n) is 5.31. The molecule has 3 rings (SSSR count). The average molecular weight is 347 g/mol. The molecule has 2 N–H and O–H groups in total. The third kappa shape index (κ3) is 4.10. The van der Waals surface area contributed by atoms with Gasteiger partial charge in [-0.1, -0.05) is 13.8 Å². The maximum Gasteiger partial charge on any atom is 0.224 e. The van der Waals surface area contributed by atoms with Gasteiger partial charge in [0.15, 0.2) is 12.5 Å². The van der Waals surface area contributed by atoms with Gasteiger partial charge in [0.05, 0.1) is 12.6 Å². The lowest BCUT2D eigenvalue weighted by molar-refractivity contribution is -0.115. The Morgan fingerprint density at radius 1 is 1.36 bits per heavy atom. The van der Waals surface area contributed by atoms with Gasteiger partial charge in [-0.25, -0.2) is 4.98 Å². The Morgan fingerprint density at radius 3 is 2.80 bits per heavy atom. The Bertz CT molecular complexity index is 576. The minimum Gasteiger partial charge on any atom is -0.351 e. The van der Waals surface area contributed by atoms with Gasteiger partial charge >= 0.3 is 0 Å². The first-order chi connectivity index (χ1) is 12.1. The Balaban J connectivity index is 1.74. The molecule has 0 aliphatic carbocycles. The first-order valence-corrected chi connectivity index (χ1v) is 9.25. The summed E-state index contributed by atoms with van der Waals surface area (Å²) in [7, 11) is 0. The zero-order chi connectivity index (χ0) is 17.8. The van der Waals surface area contributed by atoms with Crippen molar-refractivity contribution in [2.75, 3.05) is 29.9 Å². The summed E-state index contributed by atoms with van der Waals surface area (Å²) in [6.07, 6.45) is 4.34. The first-order valence-electron chi connectivity index (χ1n) is 9.25. The number of rotatable bonds is 6. The summed E-state index contributed by atoms with van der Waals surface area (Å²) in [6, 6.07) is 2.30. The van der Waals surface area contributed by atoms with E-state index in [0.717, 1.165) is 38.0 Å². The van der Waals surface area contributed by atoms with Crippen molar-refractivity contribution >= 4 is 18.1 Å². The molecule has 2 unspecified atom stereocenters. The molecule has 2 fully saturated rings. The topological polar surface area (TPSA) is 79.4 Å². The predicted molar refractivity (Wildman–Crippen MR) is 97.6 cm³/mol. The summed E-state index contributed by atoms with van der Waals surface area (Å²) in [5.41, 5.74) is 0. The van der Waals surface area contributed by atoms with Crippen molar-refractivity contribution < 1.29 is 9.53 Å². The van der Waals surface area contributed by atoms with E-state index in [1.54, 1.807) is 6.20 Å². The van der Waals surface area contributed by atoms with Crippen molar-refractivity contribution in [2.45, 2.75) is 51.9 Å². The molecule has 2 aliphatic heterocycles. The van der Waals surface area contributed by atoms with Gasteiger partial charge in [0.1, 0.15) is 5.82 Å². The van der Waals surface area contributed by atoms with E-state index < -0.39 is 6.23 Å². The van der Waals surface area contributed by atoms with E-state index in [-0.39, 0.29) is 6.04 Å². The molecule has 2 saturated heterocycles. The van der Waals surface area contributed by atoms with E-state index in [0.29, 0.717) is 30.4 Å². The Hall–Kier alpha value is -1.73. The van der Waals surface area contributed by atoms with Crippen LogP contribution in [0.3, 0.4) is 0 Å². The minimum absolute atomic E-state index is 0.139. The largest absolute Gasteiger partial charge is 0.351 e. The second-order valence-electron chi connectivity index (χ2n) is 7.34. The number of carbonyl (C=O) groups is 1. The highest BCUT2D eigenvalue weighted by Crippen LogP contribution is 2.28. The fraction of sp³-hybridized carbons (Fsp3) is 0.722. The smallest absolute Gasteiger partial charge is 0.224 e. The molecule has 138 valence electrons. The van der Waals surface area contributed by atoms with Crippen LogP contribution in [0.4, 0.5) is 11.8 Å². The number of piperidine rings is 1. The Kier molecular flexibility index (Phi) is 5.86. The fourth-order valence-corrected chi connectivity index (χ4v) is 3.69. The maximum atomic E-state index is 11.4. The zero-order valence-corrected chi connectivity index (χ0v) is 15.3. The van der Waals surface area contributed by atoms with E-state index >= 15 is 0 Å². The highest BCUT2D eigenvalue weighted by molar-refractivity contribution is 5.64. The summed E-state index contributed by atoms with van der Waals surface area (Å²) >= 11 is 0. The standard InChI is InChI=1S/C18H29N5O2/c1-12(2)15-11-25-17(10-24)23(15)16-6-9-20-18(22-16)21-13(3)14-4-7-19-8-5-14/h6,9-10,12-15,17,19H,4-5,7-8,11H2,1-3H3,(H,20,21,22)/t13-,15?,17?/m0/s1. The van der Waals surface area contributed by atoms with Gasteiger partial charge < -0.3 is 20.3 Å². The monoisotopic (exact) mass is 347 g/mol. The van der Waals surface area contributed by atoms with Gasteiger partial charge in [-0.05, 0) is 50.8 Å². The molecule has 0 aromatic carbocycles. The Morgan fingerprint density at radius 2 is 2.12 bits per heavy atom. The van der Waals surface area contributed by atoms with Gasteiger partial charge in [-0.3, -0.25) is 4.79 Å². The number of ether oxygens (including phenoxy) is 1. The van der Waals surface area contributed by atoms with Crippen LogP contribution in [0, 0.1) is 11.8 Å². The molecule has 7 nitrogen and oxygen atoms in total. The molecule has 0 saturated carbocycles. The number of aromatic nitrogens is 2. The predicted octanol–water partition coefficient (Wildman–Crippen LogP) is 1.66. The van der Waals surface area contributed by atoms with Crippen LogP contribution in [-0.4, -0.2) is 54.3 Å². The molecule has 0 amide bonds. The van der Waals surface area contributed by atoms with Crippen LogP contribution in [0.25, 0.3) is 0 Å². The highest BCUT2D eigenvalue weighted by Gasteiger charge is 2.37. The van der Waals surface area contributed by atoms with Crippen molar-refractivity contribution in [3.05, 3.63) is 12.3 Å². The van der Waals surface area contributed by atoms with Crippen LogP contribution in [-0.2, 0) is 9.53 Å². The molecule has 3 atom stereocenters. The van der Waals surface area contributed by atoms with Gasteiger partial charge in [0.25, 0.3) is 0 Å². The van der Waals surface area contributed by atoms with Crippen molar-refractivity contribution in [1.82, 2.24) is 15.3 Å². The number of nitrogens with one attached hydrogen (secondary N) is 2. The van der Waals surface area contributed by atoms with Gasteiger partial charge in [-0.2, -0.15) is 4.98 Å². The summed E-state index contributed by atoms with van der Waals surface area (Å²) in [5.74, 6) is 2.34. The summed E-state index contributed by atoms with van der Waals surface area (Å²) in [6.45, 7) is 9.14. The van der Waals surface area contributed by atoms with Crippen LogP contribution in [0.5, 0.6) is 0 Å².